The summed E-state index contributed by atoms with van der Waals surface area (Å²) in [7, 11) is 0. The van der Waals surface area contributed by atoms with E-state index in [-0.39, 0.29) is 6.04 Å². The minimum absolute atomic E-state index is 0.0516. The molecule has 0 aliphatic carbocycles. The Morgan fingerprint density at radius 1 is 1.28 bits per heavy atom. The van der Waals surface area contributed by atoms with Gasteiger partial charge >= 0.3 is 6.18 Å². The Balaban J connectivity index is 1.97. The predicted molar refractivity (Wildman–Crippen MR) is 62.0 cm³/mol. The van der Waals surface area contributed by atoms with Crippen LogP contribution in [0.3, 0.4) is 0 Å². The lowest BCUT2D eigenvalue weighted by atomic mass is 9.93. The van der Waals surface area contributed by atoms with Crippen LogP contribution in [-0.2, 0) is 17.3 Å². The maximum Gasteiger partial charge on any atom is 0.416 e. The van der Waals surface area contributed by atoms with Crippen LogP contribution in [0.4, 0.5) is 13.2 Å². The number of hydrogen-bond donors (Lipinski definition) is 1. The van der Waals surface area contributed by atoms with Crippen LogP contribution < -0.4 is 5.73 Å². The number of benzene rings is 1. The van der Waals surface area contributed by atoms with E-state index in [0.29, 0.717) is 18.9 Å². The highest BCUT2D eigenvalue weighted by Gasteiger charge is 2.30. The monoisotopic (exact) mass is 259 g/mol. The van der Waals surface area contributed by atoms with Gasteiger partial charge in [-0.2, -0.15) is 13.2 Å². The first-order chi connectivity index (χ1) is 8.47. The lowest BCUT2D eigenvalue weighted by molar-refractivity contribution is -0.137. The van der Waals surface area contributed by atoms with Crippen molar-refractivity contribution in [3.8, 4) is 0 Å². The van der Waals surface area contributed by atoms with Gasteiger partial charge in [0.25, 0.3) is 0 Å². The Bertz CT molecular complexity index is 382. The molecule has 0 amide bonds. The highest BCUT2D eigenvalue weighted by Crippen LogP contribution is 2.29. The van der Waals surface area contributed by atoms with Gasteiger partial charge in [0.05, 0.1) is 12.2 Å². The summed E-state index contributed by atoms with van der Waals surface area (Å²) in [5.41, 5.74) is 6.25. The number of ether oxygens (including phenoxy) is 1. The first-order valence-corrected chi connectivity index (χ1v) is 5.96. The molecule has 2 rings (SSSR count). The van der Waals surface area contributed by atoms with Crippen LogP contribution in [0.25, 0.3) is 0 Å². The van der Waals surface area contributed by atoms with Crippen molar-refractivity contribution in [1.29, 1.82) is 0 Å². The van der Waals surface area contributed by atoms with E-state index in [1.54, 1.807) is 0 Å². The molecule has 0 aromatic heterocycles. The minimum atomic E-state index is -4.28. The van der Waals surface area contributed by atoms with Crippen molar-refractivity contribution >= 4 is 0 Å². The van der Waals surface area contributed by atoms with Gasteiger partial charge in [0.2, 0.25) is 0 Å². The molecule has 1 aliphatic heterocycles. The molecule has 100 valence electrons. The minimum Gasteiger partial charge on any atom is -0.381 e. The molecule has 5 heteroatoms. The predicted octanol–water partition coefficient (Wildman–Crippen LogP) is 2.61. The molecule has 0 radical (unpaired) electrons. The number of alkyl halides is 3. The van der Waals surface area contributed by atoms with Crippen LogP contribution in [0.2, 0.25) is 0 Å². The van der Waals surface area contributed by atoms with Gasteiger partial charge in [-0.15, -0.1) is 0 Å². The van der Waals surface area contributed by atoms with Gasteiger partial charge in [0, 0.05) is 12.6 Å². The number of hydrogen-bond acceptors (Lipinski definition) is 2. The van der Waals surface area contributed by atoms with Crippen LogP contribution in [0.5, 0.6) is 0 Å². The summed E-state index contributed by atoms with van der Waals surface area (Å²) in [4.78, 5) is 0. The van der Waals surface area contributed by atoms with Gasteiger partial charge in [0.1, 0.15) is 0 Å². The zero-order valence-corrected chi connectivity index (χ0v) is 9.91. The molecule has 1 heterocycles. The summed E-state index contributed by atoms with van der Waals surface area (Å²) in [6.45, 7) is 1.38. The van der Waals surface area contributed by atoms with Gasteiger partial charge in [-0.3, -0.25) is 0 Å². The fraction of sp³-hybridized carbons (Fsp3) is 0.538. The van der Waals surface area contributed by atoms with E-state index in [0.717, 1.165) is 30.7 Å². The lowest BCUT2D eigenvalue weighted by Gasteiger charge is -2.17. The smallest absolute Gasteiger partial charge is 0.381 e. The Labute approximate surface area is 104 Å². The third-order valence-corrected chi connectivity index (χ3v) is 3.32. The number of halogens is 3. The summed E-state index contributed by atoms with van der Waals surface area (Å²) in [5.74, 6) is 0.312. The number of rotatable bonds is 3. The first-order valence-electron chi connectivity index (χ1n) is 5.96. The van der Waals surface area contributed by atoms with E-state index in [4.69, 9.17) is 10.5 Å². The second kappa shape index (κ2) is 5.28. The topological polar surface area (TPSA) is 35.2 Å². The molecular formula is C13H16F3NO. The van der Waals surface area contributed by atoms with Crippen LogP contribution >= 0.6 is 0 Å². The fourth-order valence-electron chi connectivity index (χ4n) is 2.16. The average molecular weight is 259 g/mol. The molecule has 0 spiro atoms. The van der Waals surface area contributed by atoms with E-state index in [1.165, 1.54) is 12.1 Å². The Morgan fingerprint density at radius 3 is 2.44 bits per heavy atom. The van der Waals surface area contributed by atoms with Crippen molar-refractivity contribution in [2.75, 3.05) is 13.2 Å². The molecule has 2 nitrogen and oxygen atoms in total. The fourth-order valence-corrected chi connectivity index (χ4v) is 2.16. The largest absolute Gasteiger partial charge is 0.416 e. The zero-order valence-electron chi connectivity index (χ0n) is 9.91. The highest BCUT2D eigenvalue weighted by atomic mass is 19.4. The second-order valence-corrected chi connectivity index (χ2v) is 4.69. The maximum atomic E-state index is 12.4. The van der Waals surface area contributed by atoms with Crippen molar-refractivity contribution < 1.29 is 17.9 Å². The van der Waals surface area contributed by atoms with Gasteiger partial charge in [-0.1, -0.05) is 12.1 Å². The molecule has 1 fully saturated rings. The normalized spacial score (nSPS) is 22.1. The molecule has 0 saturated carbocycles. The Hall–Kier alpha value is -1.07. The molecule has 2 N–H and O–H groups in total. The maximum absolute atomic E-state index is 12.4. The quantitative estimate of drug-likeness (QED) is 0.905. The van der Waals surface area contributed by atoms with E-state index < -0.39 is 11.7 Å². The molecule has 1 saturated heterocycles. The summed E-state index contributed by atoms with van der Waals surface area (Å²) < 4.78 is 42.4. The third kappa shape index (κ3) is 3.23. The van der Waals surface area contributed by atoms with E-state index >= 15 is 0 Å². The molecular weight excluding hydrogens is 243 g/mol. The second-order valence-electron chi connectivity index (χ2n) is 4.69. The lowest BCUT2D eigenvalue weighted by Crippen LogP contribution is -2.32. The molecule has 1 aromatic rings. The summed E-state index contributed by atoms with van der Waals surface area (Å²) in [6.07, 6.45) is -2.76. The summed E-state index contributed by atoms with van der Waals surface area (Å²) in [5, 5.41) is 0. The molecule has 1 aromatic carbocycles. The van der Waals surface area contributed by atoms with Gasteiger partial charge in [-0.25, -0.2) is 0 Å². The van der Waals surface area contributed by atoms with E-state index in [2.05, 4.69) is 0 Å². The van der Waals surface area contributed by atoms with Gasteiger partial charge in [-0.05, 0) is 36.5 Å². The average Bonchev–Trinajstić information content (AvgIpc) is 2.82. The van der Waals surface area contributed by atoms with Crippen molar-refractivity contribution in [2.45, 2.75) is 25.1 Å². The molecule has 2 atom stereocenters. The van der Waals surface area contributed by atoms with Crippen molar-refractivity contribution in [2.24, 2.45) is 11.7 Å². The van der Waals surface area contributed by atoms with Crippen molar-refractivity contribution in [3.63, 3.8) is 0 Å². The van der Waals surface area contributed by atoms with Crippen LogP contribution in [0, 0.1) is 5.92 Å². The van der Waals surface area contributed by atoms with Crippen LogP contribution in [0.1, 0.15) is 17.5 Å². The Morgan fingerprint density at radius 2 is 1.94 bits per heavy atom. The molecule has 0 bridgehead atoms. The molecule has 1 aliphatic rings. The highest BCUT2D eigenvalue weighted by molar-refractivity contribution is 5.25. The zero-order chi connectivity index (χ0) is 13.2. The van der Waals surface area contributed by atoms with Gasteiger partial charge in [0.15, 0.2) is 0 Å². The third-order valence-electron chi connectivity index (χ3n) is 3.32. The molecule has 18 heavy (non-hydrogen) atoms. The summed E-state index contributed by atoms with van der Waals surface area (Å²) in [6, 6.07) is 5.15. The molecule has 2 unspecified atom stereocenters. The SMILES string of the molecule is NC(Cc1ccc(C(F)(F)F)cc1)C1CCOC1. The van der Waals surface area contributed by atoms with Crippen molar-refractivity contribution in [1.82, 2.24) is 0 Å². The summed E-state index contributed by atoms with van der Waals surface area (Å²) >= 11 is 0. The number of nitrogens with two attached hydrogens (primary N) is 1. The van der Waals surface area contributed by atoms with E-state index in [9.17, 15) is 13.2 Å². The van der Waals surface area contributed by atoms with E-state index in [1.807, 2.05) is 0 Å². The van der Waals surface area contributed by atoms with Crippen molar-refractivity contribution in [3.05, 3.63) is 35.4 Å². The van der Waals surface area contributed by atoms with Crippen LogP contribution in [0.15, 0.2) is 24.3 Å². The standard InChI is InChI=1S/C13H16F3NO/c14-13(15,16)11-3-1-9(2-4-11)7-12(17)10-5-6-18-8-10/h1-4,10,12H,5-8,17H2. The van der Waals surface area contributed by atoms with Crippen LogP contribution in [-0.4, -0.2) is 19.3 Å². The van der Waals surface area contributed by atoms with Gasteiger partial charge < -0.3 is 10.5 Å². The Kier molecular flexibility index (Phi) is 3.92. The first kappa shape index (κ1) is 13.4.